The van der Waals surface area contributed by atoms with Crippen molar-refractivity contribution in [3.63, 3.8) is 0 Å². The summed E-state index contributed by atoms with van der Waals surface area (Å²) in [6.45, 7) is 1.97. The third kappa shape index (κ3) is 2.31. The molecule has 0 fully saturated rings. The van der Waals surface area contributed by atoms with E-state index in [4.69, 9.17) is 0 Å². The highest BCUT2D eigenvalue weighted by Gasteiger charge is 2.12. The Morgan fingerprint density at radius 3 is 2.71 bits per heavy atom. The van der Waals surface area contributed by atoms with Gasteiger partial charge in [-0.15, -0.1) is 10.2 Å². The van der Waals surface area contributed by atoms with Gasteiger partial charge in [-0.1, -0.05) is 18.7 Å². The van der Waals surface area contributed by atoms with Crippen molar-refractivity contribution in [1.29, 1.82) is 0 Å². The standard InChI is InChI=1S/C13H10F2N4OS/c1-2-21-13-17-16-11-12(20)18(5-6-19(11)13)8-3-4-9(14)10(15)7-8/h3-7H,2H2,1H3. The fourth-order valence-electron chi connectivity index (χ4n) is 1.93. The maximum absolute atomic E-state index is 13.3. The van der Waals surface area contributed by atoms with Gasteiger partial charge in [0.05, 0.1) is 5.69 Å². The molecule has 0 radical (unpaired) electrons. The minimum Gasteiger partial charge on any atom is -0.279 e. The molecule has 0 saturated carbocycles. The summed E-state index contributed by atoms with van der Waals surface area (Å²) in [5.41, 5.74) is -0.0776. The largest absolute Gasteiger partial charge is 0.300 e. The molecule has 0 amide bonds. The molecule has 8 heteroatoms. The fourth-order valence-corrected chi connectivity index (χ4v) is 2.57. The van der Waals surface area contributed by atoms with Crippen LogP contribution in [0.2, 0.25) is 0 Å². The zero-order valence-electron chi connectivity index (χ0n) is 11.0. The number of hydrogen-bond acceptors (Lipinski definition) is 4. The minimum atomic E-state index is -1.01. The summed E-state index contributed by atoms with van der Waals surface area (Å²) >= 11 is 1.46. The Balaban J connectivity index is 2.18. The fraction of sp³-hybridized carbons (Fsp3) is 0.154. The first-order chi connectivity index (χ1) is 10.1. The van der Waals surface area contributed by atoms with E-state index < -0.39 is 17.2 Å². The van der Waals surface area contributed by atoms with E-state index in [1.807, 2.05) is 6.92 Å². The lowest BCUT2D eigenvalue weighted by molar-refractivity contribution is 0.508. The first-order valence-electron chi connectivity index (χ1n) is 6.16. The predicted molar refractivity (Wildman–Crippen MR) is 74.9 cm³/mol. The smallest absolute Gasteiger partial charge is 0.279 e. The second-order valence-corrected chi connectivity index (χ2v) is 5.41. The molecule has 2 heterocycles. The van der Waals surface area contributed by atoms with E-state index in [1.165, 1.54) is 28.6 Å². The lowest BCUT2D eigenvalue weighted by atomic mass is 10.3. The van der Waals surface area contributed by atoms with E-state index in [0.29, 0.717) is 5.16 Å². The molecule has 0 N–H and O–H groups in total. The lowest BCUT2D eigenvalue weighted by Crippen LogP contribution is -2.20. The summed E-state index contributed by atoms with van der Waals surface area (Å²) in [4.78, 5) is 12.4. The molecule has 0 bridgehead atoms. The van der Waals surface area contributed by atoms with Gasteiger partial charge >= 0.3 is 5.56 Å². The molecule has 0 atom stereocenters. The molecule has 1 aromatic carbocycles. The van der Waals surface area contributed by atoms with Gasteiger partial charge in [-0.2, -0.15) is 0 Å². The van der Waals surface area contributed by atoms with Crippen molar-refractivity contribution in [2.75, 3.05) is 5.75 Å². The molecule has 3 rings (SSSR count). The molecule has 0 aliphatic carbocycles. The van der Waals surface area contributed by atoms with Crippen molar-refractivity contribution in [3.8, 4) is 5.69 Å². The van der Waals surface area contributed by atoms with Gasteiger partial charge < -0.3 is 0 Å². The highest BCUT2D eigenvalue weighted by Crippen LogP contribution is 2.16. The highest BCUT2D eigenvalue weighted by molar-refractivity contribution is 7.99. The molecule has 5 nitrogen and oxygen atoms in total. The van der Waals surface area contributed by atoms with Gasteiger partial charge in [-0.3, -0.25) is 13.8 Å². The van der Waals surface area contributed by atoms with Crippen molar-refractivity contribution in [2.24, 2.45) is 0 Å². The Morgan fingerprint density at radius 2 is 2.00 bits per heavy atom. The Morgan fingerprint density at radius 1 is 1.19 bits per heavy atom. The van der Waals surface area contributed by atoms with Crippen LogP contribution in [0.1, 0.15) is 6.92 Å². The molecular weight excluding hydrogens is 298 g/mol. The number of thioether (sulfide) groups is 1. The van der Waals surface area contributed by atoms with Gasteiger partial charge in [0.25, 0.3) is 0 Å². The molecule has 21 heavy (non-hydrogen) atoms. The monoisotopic (exact) mass is 308 g/mol. The number of rotatable bonds is 3. The summed E-state index contributed by atoms with van der Waals surface area (Å²) in [5, 5.41) is 8.41. The van der Waals surface area contributed by atoms with E-state index in [2.05, 4.69) is 10.2 Å². The number of aromatic nitrogens is 4. The van der Waals surface area contributed by atoms with Crippen LogP contribution < -0.4 is 5.56 Å². The zero-order valence-corrected chi connectivity index (χ0v) is 11.8. The van der Waals surface area contributed by atoms with Gasteiger partial charge in [0.15, 0.2) is 16.8 Å². The van der Waals surface area contributed by atoms with Crippen LogP contribution in [0, 0.1) is 11.6 Å². The number of halogens is 2. The van der Waals surface area contributed by atoms with Crippen molar-refractivity contribution >= 4 is 17.4 Å². The number of fused-ring (bicyclic) bond motifs is 1. The Labute approximate surface area is 122 Å². The lowest BCUT2D eigenvalue weighted by Gasteiger charge is -2.06. The van der Waals surface area contributed by atoms with E-state index >= 15 is 0 Å². The summed E-state index contributed by atoms with van der Waals surface area (Å²) in [6.07, 6.45) is 3.10. The SMILES string of the molecule is CCSc1nnc2c(=O)n(-c3ccc(F)c(F)c3)ccn12. The van der Waals surface area contributed by atoms with Gasteiger partial charge in [-0.05, 0) is 17.9 Å². The molecule has 0 spiro atoms. The van der Waals surface area contributed by atoms with Crippen LogP contribution in [0.5, 0.6) is 0 Å². The third-order valence-electron chi connectivity index (χ3n) is 2.89. The molecule has 2 aromatic heterocycles. The van der Waals surface area contributed by atoms with Crippen LogP contribution in [-0.4, -0.2) is 24.9 Å². The summed E-state index contributed by atoms with van der Waals surface area (Å²) in [5.74, 6) is -1.17. The minimum absolute atomic E-state index is 0.137. The van der Waals surface area contributed by atoms with Crippen LogP contribution >= 0.6 is 11.8 Å². The second kappa shape index (κ2) is 5.28. The average molecular weight is 308 g/mol. The number of hydrogen-bond donors (Lipinski definition) is 0. The summed E-state index contributed by atoms with van der Waals surface area (Å²) < 4.78 is 29.0. The molecule has 0 aliphatic rings. The van der Waals surface area contributed by atoms with E-state index in [0.717, 1.165) is 17.9 Å². The van der Waals surface area contributed by atoms with Crippen LogP contribution in [-0.2, 0) is 0 Å². The van der Waals surface area contributed by atoms with Crippen LogP contribution in [0.25, 0.3) is 11.3 Å². The molecule has 0 aliphatic heterocycles. The summed E-state index contributed by atoms with van der Waals surface area (Å²) in [7, 11) is 0. The van der Waals surface area contributed by atoms with Crippen LogP contribution in [0.3, 0.4) is 0 Å². The first kappa shape index (κ1) is 13.7. The Bertz CT molecular complexity index is 874. The number of nitrogens with zero attached hydrogens (tertiary/aromatic N) is 4. The molecule has 3 aromatic rings. The van der Waals surface area contributed by atoms with Gasteiger partial charge in [-0.25, -0.2) is 8.78 Å². The van der Waals surface area contributed by atoms with Gasteiger partial charge in [0.2, 0.25) is 5.65 Å². The third-order valence-corrected chi connectivity index (χ3v) is 3.72. The number of benzene rings is 1. The first-order valence-corrected chi connectivity index (χ1v) is 7.15. The molecule has 0 saturated heterocycles. The summed E-state index contributed by atoms with van der Waals surface area (Å²) in [6, 6.07) is 3.27. The van der Waals surface area contributed by atoms with Crippen molar-refractivity contribution in [1.82, 2.24) is 19.2 Å². The zero-order chi connectivity index (χ0) is 15.0. The van der Waals surface area contributed by atoms with Crippen molar-refractivity contribution in [3.05, 3.63) is 52.6 Å². The molecule has 108 valence electrons. The van der Waals surface area contributed by atoms with Crippen LogP contribution in [0.4, 0.5) is 8.78 Å². The van der Waals surface area contributed by atoms with E-state index in [-0.39, 0.29) is 11.3 Å². The van der Waals surface area contributed by atoms with Crippen LogP contribution in [0.15, 0.2) is 40.5 Å². The van der Waals surface area contributed by atoms with E-state index in [9.17, 15) is 13.6 Å². The van der Waals surface area contributed by atoms with Crippen molar-refractivity contribution in [2.45, 2.75) is 12.1 Å². The quantitative estimate of drug-likeness (QED) is 0.697. The maximum atomic E-state index is 13.3. The Kier molecular flexibility index (Phi) is 3.46. The topological polar surface area (TPSA) is 52.2 Å². The predicted octanol–water partition coefficient (Wildman–Crippen LogP) is 2.27. The normalized spacial score (nSPS) is 11.2. The average Bonchev–Trinajstić information content (AvgIpc) is 2.87. The molecular formula is C13H10F2N4OS. The van der Waals surface area contributed by atoms with Gasteiger partial charge in [0, 0.05) is 18.5 Å². The van der Waals surface area contributed by atoms with Crippen molar-refractivity contribution < 1.29 is 8.78 Å². The second-order valence-electron chi connectivity index (χ2n) is 4.18. The Hall–Kier alpha value is -2.22. The highest BCUT2D eigenvalue weighted by atomic mass is 32.2. The van der Waals surface area contributed by atoms with Gasteiger partial charge in [0.1, 0.15) is 0 Å². The van der Waals surface area contributed by atoms with E-state index in [1.54, 1.807) is 10.6 Å². The maximum Gasteiger partial charge on any atom is 0.300 e. The molecule has 0 unspecified atom stereocenters.